The van der Waals surface area contributed by atoms with Crippen LogP contribution in [0.1, 0.15) is 42.6 Å². The third-order valence-electron chi connectivity index (χ3n) is 3.91. The van der Waals surface area contributed by atoms with Crippen molar-refractivity contribution in [1.29, 1.82) is 0 Å². The van der Waals surface area contributed by atoms with E-state index in [9.17, 15) is 0 Å². The molecule has 2 aromatic heterocycles. The molecule has 0 radical (unpaired) electrons. The van der Waals surface area contributed by atoms with Gasteiger partial charge in [0.25, 0.3) is 0 Å². The van der Waals surface area contributed by atoms with Crippen LogP contribution in [0.2, 0.25) is 0 Å². The molecule has 1 aliphatic rings. The predicted octanol–water partition coefficient (Wildman–Crippen LogP) is 2.83. The Morgan fingerprint density at radius 3 is 3.05 bits per heavy atom. The summed E-state index contributed by atoms with van der Waals surface area (Å²) in [4.78, 5) is 13.5. The van der Waals surface area contributed by atoms with Crippen LogP contribution >= 0.6 is 0 Å². The molecule has 0 bridgehead atoms. The first kappa shape index (κ1) is 13.2. The summed E-state index contributed by atoms with van der Waals surface area (Å²) in [5.41, 5.74) is 4.65. The quantitative estimate of drug-likeness (QED) is 0.930. The molecule has 4 heteroatoms. The molecule has 3 rings (SSSR count). The first-order valence-corrected chi connectivity index (χ1v) is 7.29. The summed E-state index contributed by atoms with van der Waals surface area (Å²) in [6.45, 7) is 5.19. The molecule has 2 aromatic rings. The topological polar surface area (TPSA) is 50.7 Å². The summed E-state index contributed by atoms with van der Waals surface area (Å²) >= 11 is 0. The monoisotopic (exact) mass is 268 g/mol. The molecule has 4 nitrogen and oxygen atoms in total. The molecule has 0 saturated heterocycles. The molecule has 0 aromatic carbocycles. The lowest BCUT2D eigenvalue weighted by Gasteiger charge is -2.25. The lowest BCUT2D eigenvalue weighted by Crippen LogP contribution is -2.25. The third kappa shape index (κ3) is 2.43. The number of pyridine rings is 1. The van der Waals surface area contributed by atoms with Gasteiger partial charge in [-0.15, -0.1) is 0 Å². The fraction of sp³-hybridized carbons (Fsp3) is 0.438. The van der Waals surface area contributed by atoms with E-state index in [4.69, 9.17) is 4.98 Å². The third-order valence-corrected chi connectivity index (χ3v) is 3.91. The van der Waals surface area contributed by atoms with Gasteiger partial charge in [0.05, 0.1) is 0 Å². The van der Waals surface area contributed by atoms with Crippen molar-refractivity contribution in [2.24, 2.45) is 0 Å². The normalized spacial score (nSPS) is 17.8. The molecule has 1 aliphatic carbocycles. The van der Waals surface area contributed by atoms with E-state index in [1.807, 2.05) is 18.5 Å². The Hall–Kier alpha value is -1.81. The van der Waals surface area contributed by atoms with Crippen LogP contribution in [0, 0.1) is 6.92 Å². The predicted molar refractivity (Wildman–Crippen MR) is 79.4 cm³/mol. The number of hydrogen-bond acceptors (Lipinski definition) is 4. The van der Waals surface area contributed by atoms with Crippen molar-refractivity contribution in [3.05, 3.63) is 41.5 Å². The summed E-state index contributed by atoms with van der Waals surface area (Å²) in [7, 11) is 0. The zero-order valence-corrected chi connectivity index (χ0v) is 12.1. The molecule has 20 heavy (non-hydrogen) atoms. The molecular formula is C16H20N4. The minimum atomic E-state index is 0.410. The second kappa shape index (κ2) is 5.67. The Morgan fingerprint density at radius 2 is 2.25 bits per heavy atom. The highest BCUT2D eigenvalue weighted by Crippen LogP contribution is 2.29. The van der Waals surface area contributed by atoms with Crippen LogP contribution in [0.15, 0.2) is 24.7 Å². The SMILES string of the molecule is CCNC1CCCc2nc(-c3cnccc3C)ncc21. The van der Waals surface area contributed by atoms with E-state index < -0.39 is 0 Å². The van der Waals surface area contributed by atoms with Crippen LogP contribution < -0.4 is 5.32 Å². The van der Waals surface area contributed by atoms with E-state index in [0.717, 1.165) is 24.4 Å². The fourth-order valence-electron chi connectivity index (χ4n) is 2.83. The summed E-state index contributed by atoms with van der Waals surface area (Å²) < 4.78 is 0. The maximum absolute atomic E-state index is 4.79. The largest absolute Gasteiger partial charge is 0.310 e. The molecule has 1 atom stereocenters. The summed E-state index contributed by atoms with van der Waals surface area (Å²) in [6.07, 6.45) is 9.06. The van der Waals surface area contributed by atoms with E-state index in [1.54, 1.807) is 6.20 Å². The van der Waals surface area contributed by atoms with Crippen molar-refractivity contribution in [3.8, 4) is 11.4 Å². The zero-order valence-electron chi connectivity index (χ0n) is 12.1. The summed E-state index contributed by atoms with van der Waals surface area (Å²) in [5, 5.41) is 3.52. The molecule has 0 aliphatic heterocycles. The van der Waals surface area contributed by atoms with Crippen molar-refractivity contribution in [2.45, 2.75) is 39.2 Å². The molecule has 1 N–H and O–H groups in total. The molecule has 0 spiro atoms. The lowest BCUT2D eigenvalue weighted by atomic mass is 9.92. The number of rotatable bonds is 3. The van der Waals surface area contributed by atoms with Gasteiger partial charge in [-0.05, 0) is 44.4 Å². The summed E-state index contributed by atoms with van der Waals surface area (Å²) in [6, 6.07) is 2.41. The van der Waals surface area contributed by atoms with Crippen molar-refractivity contribution >= 4 is 0 Å². The van der Waals surface area contributed by atoms with Crippen LogP contribution in [-0.2, 0) is 6.42 Å². The minimum absolute atomic E-state index is 0.410. The number of hydrogen-bond donors (Lipinski definition) is 1. The smallest absolute Gasteiger partial charge is 0.161 e. The van der Waals surface area contributed by atoms with Gasteiger partial charge >= 0.3 is 0 Å². The fourth-order valence-corrected chi connectivity index (χ4v) is 2.83. The van der Waals surface area contributed by atoms with E-state index in [2.05, 4.69) is 29.1 Å². The number of nitrogens with zero attached hydrogens (tertiary/aromatic N) is 3. The van der Waals surface area contributed by atoms with Gasteiger partial charge in [-0.3, -0.25) is 4.98 Å². The van der Waals surface area contributed by atoms with Gasteiger partial charge in [-0.25, -0.2) is 9.97 Å². The Bertz CT molecular complexity index is 609. The van der Waals surface area contributed by atoms with Gasteiger partial charge in [0.2, 0.25) is 0 Å². The Labute approximate surface area is 119 Å². The Morgan fingerprint density at radius 1 is 1.35 bits per heavy atom. The van der Waals surface area contributed by atoms with Crippen LogP contribution in [0.5, 0.6) is 0 Å². The number of aromatic nitrogens is 3. The second-order valence-corrected chi connectivity index (χ2v) is 5.29. The molecule has 1 unspecified atom stereocenters. The highest BCUT2D eigenvalue weighted by molar-refractivity contribution is 5.58. The minimum Gasteiger partial charge on any atom is -0.310 e. The van der Waals surface area contributed by atoms with Crippen molar-refractivity contribution in [2.75, 3.05) is 6.54 Å². The second-order valence-electron chi connectivity index (χ2n) is 5.29. The molecule has 2 heterocycles. The Balaban J connectivity index is 1.99. The molecule has 104 valence electrons. The zero-order chi connectivity index (χ0) is 13.9. The average Bonchev–Trinajstić information content (AvgIpc) is 2.48. The molecule has 0 amide bonds. The first-order chi connectivity index (χ1) is 9.79. The Kier molecular flexibility index (Phi) is 3.74. The summed E-state index contributed by atoms with van der Waals surface area (Å²) in [5.74, 6) is 0.798. The number of nitrogens with one attached hydrogen (secondary N) is 1. The van der Waals surface area contributed by atoms with Crippen LogP contribution in [0.4, 0.5) is 0 Å². The maximum atomic E-state index is 4.79. The van der Waals surface area contributed by atoms with Crippen LogP contribution in [0.3, 0.4) is 0 Å². The van der Waals surface area contributed by atoms with Gasteiger partial charge in [-0.1, -0.05) is 6.92 Å². The van der Waals surface area contributed by atoms with Crippen LogP contribution in [-0.4, -0.2) is 21.5 Å². The van der Waals surface area contributed by atoms with Crippen LogP contribution in [0.25, 0.3) is 11.4 Å². The maximum Gasteiger partial charge on any atom is 0.161 e. The first-order valence-electron chi connectivity index (χ1n) is 7.29. The highest BCUT2D eigenvalue weighted by atomic mass is 14.9. The van der Waals surface area contributed by atoms with Gasteiger partial charge in [-0.2, -0.15) is 0 Å². The molecular weight excluding hydrogens is 248 g/mol. The van der Waals surface area contributed by atoms with Crippen molar-refractivity contribution in [3.63, 3.8) is 0 Å². The van der Waals surface area contributed by atoms with Gasteiger partial charge in [0.15, 0.2) is 5.82 Å². The van der Waals surface area contributed by atoms with E-state index >= 15 is 0 Å². The number of fused-ring (bicyclic) bond motifs is 1. The van der Waals surface area contributed by atoms with Gasteiger partial charge in [0, 0.05) is 41.5 Å². The molecule has 0 fully saturated rings. The van der Waals surface area contributed by atoms with Gasteiger partial charge < -0.3 is 5.32 Å². The van der Waals surface area contributed by atoms with E-state index in [1.165, 1.54) is 29.7 Å². The van der Waals surface area contributed by atoms with E-state index in [-0.39, 0.29) is 0 Å². The molecule has 0 saturated carbocycles. The average molecular weight is 268 g/mol. The van der Waals surface area contributed by atoms with Crippen molar-refractivity contribution in [1.82, 2.24) is 20.3 Å². The number of aryl methyl sites for hydroxylation is 2. The highest BCUT2D eigenvalue weighted by Gasteiger charge is 2.21. The van der Waals surface area contributed by atoms with E-state index in [0.29, 0.717) is 6.04 Å². The van der Waals surface area contributed by atoms with Gasteiger partial charge in [0.1, 0.15) is 0 Å². The lowest BCUT2D eigenvalue weighted by molar-refractivity contribution is 0.464. The van der Waals surface area contributed by atoms with Crippen molar-refractivity contribution < 1.29 is 0 Å². The standard InChI is InChI=1S/C16H20N4/c1-3-18-14-5-4-6-15-13(14)10-19-16(20-15)12-9-17-8-7-11(12)2/h7-10,14,18H,3-6H2,1-2H3.